The molecule has 2 aromatic carbocycles. The maximum Gasteiger partial charge on any atom is 0.417 e. The number of carbonyl (C=O) groups excluding carboxylic acids is 2. The predicted octanol–water partition coefficient (Wildman–Crippen LogP) is 2.86. The first-order valence-corrected chi connectivity index (χ1v) is 9.75. The van der Waals surface area contributed by atoms with Crippen LogP contribution in [0.3, 0.4) is 0 Å². The lowest BCUT2D eigenvalue weighted by Gasteiger charge is -2.38. The lowest BCUT2D eigenvalue weighted by Crippen LogP contribution is -2.43. The number of oxazole rings is 1. The molecule has 1 fully saturated rings. The molecule has 0 saturated carbocycles. The molecule has 0 aliphatic carbocycles. The van der Waals surface area contributed by atoms with Crippen molar-refractivity contribution in [3.63, 3.8) is 0 Å². The van der Waals surface area contributed by atoms with E-state index in [-0.39, 0.29) is 11.8 Å². The third-order valence-electron chi connectivity index (χ3n) is 5.99. The van der Waals surface area contributed by atoms with Gasteiger partial charge in [0.2, 0.25) is 0 Å². The van der Waals surface area contributed by atoms with Crippen LogP contribution in [-0.4, -0.2) is 41.3 Å². The summed E-state index contributed by atoms with van der Waals surface area (Å²) >= 11 is 0. The zero-order chi connectivity index (χ0) is 20.0. The van der Waals surface area contributed by atoms with Crippen LogP contribution in [0.4, 0.5) is 0 Å². The molecule has 0 amide bonds. The number of hydrogen-bond acceptors (Lipinski definition) is 6. The monoisotopic (exact) mass is 392 g/mol. The number of likely N-dealkylation sites (tertiary alicyclic amines) is 1. The number of aromatic amines is 1. The fraction of sp³-hybridized carbons (Fsp3) is 0.318. The summed E-state index contributed by atoms with van der Waals surface area (Å²) in [6.07, 6.45) is 1.83. The van der Waals surface area contributed by atoms with Crippen LogP contribution >= 0.6 is 0 Å². The number of piperidine rings is 1. The van der Waals surface area contributed by atoms with Crippen molar-refractivity contribution in [2.24, 2.45) is 0 Å². The molecular formula is C22H20N2O5. The Bertz CT molecular complexity index is 1170. The van der Waals surface area contributed by atoms with Gasteiger partial charge in [0.15, 0.2) is 11.4 Å². The highest BCUT2D eigenvalue weighted by atomic mass is 16.6. The number of rotatable bonds is 4. The zero-order valence-electron chi connectivity index (χ0n) is 15.8. The molecule has 1 saturated heterocycles. The SMILES string of the molecule is O=C(CCN1CCC2(CC1)OC(=O)c1ccccc12)c1ccc2[nH]c(=O)oc2c1. The van der Waals surface area contributed by atoms with Gasteiger partial charge in [-0.2, -0.15) is 0 Å². The number of H-pyrrole nitrogens is 1. The molecule has 5 rings (SSSR count). The van der Waals surface area contributed by atoms with E-state index in [1.54, 1.807) is 18.2 Å². The van der Waals surface area contributed by atoms with E-state index in [1.165, 1.54) is 0 Å². The molecule has 7 nitrogen and oxygen atoms in total. The Morgan fingerprint density at radius 3 is 2.72 bits per heavy atom. The van der Waals surface area contributed by atoms with E-state index in [0.29, 0.717) is 35.2 Å². The second-order valence-corrected chi connectivity index (χ2v) is 7.67. The number of fused-ring (bicyclic) bond motifs is 3. The summed E-state index contributed by atoms with van der Waals surface area (Å²) in [5, 5.41) is 0. The topological polar surface area (TPSA) is 92.6 Å². The summed E-state index contributed by atoms with van der Waals surface area (Å²) in [7, 11) is 0. The average Bonchev–Trinajstić information content (AvgIpc) is 3.24. The number of carbonyl (C=O) groups is 2. The minimum atomic E-state index is -0.527. The van der Waals surface area contributed by atoms with Crippen LogP contribution in [0, 0.1) is 0 Å². The van der Waals surface area contributed by atoms with Gasteiger partial charge >= 0.3 is 11.7 Å². The molecule has 2 aliphatic rings. The molecule has 148 valence electrons. The highest BCUT2D eigenvalue weighted by Crippen LogP contribution is 2.43. The Kier molecular flexibility index (Phi) is 4.13. The number of benzene rings is 2. The quantitative estimate of drug-likeness (QED) is 0.542. The van der Waals surface area contributed by atoms with Crippen LogP contribution < -0.4 is 5.76 Å². The second kappa shape index (κ2) is 6.70. The number of nitrogens with zero attached hydrogens (tertiary/aromatic N) is 1. The normalized spacial score (nSPS) is 18.1. The van der Waals surface area contributed by atoms with E-state index in [1.807, 2.05) is 24.3 Å². The van der Waals surface area contributed by atoms with Crippen molar-refractivity contribution < 1.29 is 18.7 Å². The molecular weight excluding hydrogens is 372 g/mol. The summed E-state index contributed by atoms with van der Waals surface area (Å²) < 4.78 is 10.8. The van der Waals surface area contributed by atoms with Gasteiger partial charge in [0.25, 0.3) is 0 Å². The summed E-state index contributed by atoms with van der Waals surface area (Å²) in [5.74, 6) is -0.759. The van der Waals surface area contributed by atoms with Crippen molar-refractivity contribution in [3.05, 3.63) is 69.7 Å². The van der Waals surface area contributed by atoms with Gasteiger partial charge in [0.1, 0.15) is 5.60 Å². The van der Waals surface area contributed by atoms with Crippen molar-refractivity contribution in [3.8, 4) is 0 Å². The third kappa shape index (κ3) is 3.07. The summed E-state index contributed by atoms with van der Waals surface area (Å²) in [4.78, 5) is 40.8. The molecule has 1 aromatic heterocycles. The van der Waals surface area contributed by atoms with E-state index in [9.17, 15) is 14.4 Å². The van der Waals surface area contributed by atoms with Crippen LogP contribution in [0.15, 0.2) is 51.7 Å². The van der Waals surface area contributed by atoms with Gasteiger partial charge in [-0.15, -0.1) is 0 Å². The molecule has 3 aromatic rings. The van der Waals surface area contributed by atoms with Gasteiger partial charge in [-0.3, -0.25) is 9.78 Å². The van der Waals surface area contributed by atoms with Crippen molar-refractivity contribution in [2.45, 2.75) is 24.9 Å². The fourth-order valence-electron chi connectivity index (χ4n) is 4.38. The Balaban J connectivity index is 1.22. The first-order chi connectivity index (χ1) is 14.0. The first-order valence-electron chi connectivity index (χ1n) is 9.75. The minimum Gasteiger partial charge on any atom is -0.450 e. The maximum atomic E-state index is 12.6. The zero-order valence-corrected chi connectivity index (χ0v) is 15.8. The number of Topliss-reactive ketones (excluding diaryl/α,β-unsaturated/α-hetero) is 1. The molecule has 3 heterocycles. The third-order valence-corrected chi connectivity index (χ3v) is 5.99. The van der Waals surface area contributed by atoms with E-state index >= 15 is 0 Å². The van der Waals surface area contributed by atoms with Gasteiger partial charge < -0.3 is 14.1 Å². The van der Waals surface area contributed by atoms with Gasteiger partial charge in [-0.25, -0.2) is 9.59 Å². The standard InChI is InChI=1S/C22H20N2O5/c25-18(14-5-6-17-19(13-14)28-21(27)23-17)7-10-24-11-8-22(9-12-24)16-4-2-1-3-15(16)20(26)29-22/h1-6,13H,7-12H2,(H,23,27). The van der Waals surface area contributed by atoms with Gasteiger partial charge in [-0.1, -0.05) is 18.2 Å². The lowest BCUT2D eigenvalue weighted by atomic mass is 9.83. The highest BCUT2D eigenvalue weighted by molar-refractivity contribution is 5.98. The van der Waals surface area contributed by atoms with E-state index < -0.39 is 11.4 Å². The van der Waals surface area contributed by atoms with Gasteiger partial charge in [0, 0.05) is 50.0 Å². The highest BCUT2D eigenvalue weighted by Gasteiger charge is 2.46. The number of esters is 1. The molecule has 0 unspecified atom stereocenters. The Morgan fingerprint density at radius 2 is 1.90 bits per heavy atom. The van der Waals surface area contributed by atoms with Crippen LogP contribution in [0.2, 0.25) is 0 Å². The van der Waals surface area contributed by atoms with Crippen molar-refractivity contribution >= 4 is 22.9 Å². The van der Waals surface area contributed by atoms with E-state index in [4.69, 9.17) is 9.15 Å². The van der Waals surface area contributed by atoms with Gasteiger partial charge in [-0.05, 0) is 24.3 Å². The Morgan fingerprint density at radius 1 is 1.10 bits per heavy atom. The maximum absolute atomic E-state index is 12.6. The second-order valence-electron chi connectivity index (χ2n) is 7.67. The average molecular weight is 392 g/mol. The molecule has 0 radical (unpaired) electrons. The molecule has 0 bridgehead atoms. The van der Waals surface area contributed by atoms with Crippen molar-refractivity contribution in [1.29, 1.82) is 0 Å². The summed E-state index contributed by atoms with van der Waals surface area (Å²) in [6.45, 7) is 2.17. The van der Waals surface area contributed by atoms with Crippen LogP contribution in [0.25, 0.3) is 11.1 Å². The summed E-state index contributed by atoms with van der Waals surface area (Å²) in [6, 6.07) is 12.6. The fourth-order valence-corrected chi connectivity index (χ4v) is 4.38. The van der Waals surface area contributed by atoms with Crippen molar-refractivity contribution in [1.82, 2.24) is 9.88 Å². The minimum absolute atomic E-state index is 0.00803. The number of aromatic nitrogens is 1. The Labute approximate surface area is 166 Å². The molecule has 2 aliphatic heterocycles. The molecule has 0 atom stereocenters. The molecule has 1 N–H and O–H groups in total. The van der Waals surface area contributed by atoms with E-state index in [2.05, 4.69) is 9.88 Å². The smallest absolute Gasteiger partial charge is 0.417 e. The Hall–Kier alpha value is -3.19. The van der Waals surface area contributed by atoms with E-state index in [0.717, 1.165) is 31.5 Å². The molecule has 7 heteroatoms. The van der Waals surface area contributed by atoms with Crippen LogP contribution in [0.1, 0.15) is 45.5 Å². The predicted molar refractivity (Wildman–Crippen MR) is 105 cm³/mol. The first kappa shape index (κ1) is 17.9. The number of ether oxygens (including phenoxy) is 1. The van der Waals surface area contributed by atoms with Crippen molar-refractivity contribution in [2.75, 3.05) is 19.6 Å². The largest absolute Gasteiger partial charge is 0.450 e. The van der Waals surface area contributed by atoms with Gasteiger partial charge in [0.05, 0.1) is 11.1 Å². The molecule has 29 heavy (non-hydrogen) atoms. The van der Waals surface area contributed by atoms with Crippen LogP contribution in [0.5, 0.6) is 0 Å². The van der Waals surface area contributed by atoms with Crippen LogP contribution in [-0.2, 0) is 10.3 Å². The number of nitrogens with one attached hydrogen (secondary N) is 1. The number of ketones is 1. The molecule has 1 spiro atoms. The number of hydrogen-bond donors (Lipinski definition) is 1. The lowest BCUT2D eigenvalue weighted by molar-refractivity contribution is -0.0426. The summed E-state index contributed by atoms with van der Waals surface area (Å²) in [5.41, 5.74) is 2.64.